The van der Waals surface area contributed by atoms with Gasteiger partial charge < -0.3 is 5.11 Å². The zero-order valence-electron chi connectivity index (χ0n) is 9.78. The Labute approximate surface area is 122 Å². The van der Waals surface area contributed by atoms with Crippen molar-refractivity contribution in [2.75, 3.05) is 0 Å². The van der Waals surface area contributed by atoms with Crippen LogP contribution in [0.25, 0.3) is 0 Å². The second-order valence-corrected chi connectivity index (χ2v) is 6.81. The van der Waals surface area contributed by atoms with Gasteiger partial charge in [-0.3, -0.25) is 4.79 Å². The van der Waals surface area contributed by atoms with Crippen LogP contribution in [0.1, 0.15) is 19.4 Å². The Hall–Kier alpha value is -1.27. The number of aliphatic hydroxyl groups is 1. The van der Waals surface area contributed by atoms with Gasteiger partial charge in [-0.25, -0.2) is 0 Å². The fourth-order valence-corrected chi connectivity index (χ4v) is 4.35. The fourth-order valence-electron chi connectivity index (χ4n) is 1.90. The van der Waals surface area contributed by atoms with Crippen molar-refractivity contribution in [3.8, 4) is 0 Å². The van der Waals surface area contributed by atoms with Gasteiger partial charge in [-0.15, -0.1) is 34.0 Å². The first-order valence-electron chi connectivity index (χ1n) is 5.61. The zero-order chi connectivity index (χ0) is 13.3. The molecule has 3 rings (SSSR count). The molecule has 0 unspecified atom stereocenters. The Morgan fingerprint density at radius 2 is 1.42 bits per heavy atom. The van der Waals surface area contributed by atoms with Gasteiger partial charge in [0.15, 0.2) is 5.60 Å². The molecule has 3 aromatic heterocycles. The molecule has 3 heterocycles. The van der Waals surface area contributed by atoms with Crippen LogP contribution in [0.15, 0.2) is 52.5 Å². The molecule has 0 amide bonds. The summed E-state index contributed by atoms with van der Waals surface area (Å²) in [5.74, 6) is -0.257. The molecule has 0 atom stereocenters. The summed E-state index contributed by atoms with van der Waals surface area (Å²) in [4.78, 5) is 14.6. The smallest absolute Gasteiger partial charge is 0.215 e. The SMILES string of the molecule is O=C(c1cccs1)C(O)(c1cccs1)c1cccs1. The minimum atomic E-state index is -1.56. The molecular weight excluding hydrogens is 296 g/mol. The summed E-state index contributed by atoms with van der Waals surface area (Å²) in [5, 5.41) is 16.6. The number of ketones is 1. The Kier molecular flexibility index (Phi) is 3.36. The monoisotopic (exact) mass is 306 g/mol. The number of hydrogen-bond acceptors (Lipinski definition) is 5. The van der Waals surface area contributed by atoms with Gasteiger partial charge >= 0.3 is 0 Å². The third-order valence-corrected chi connectivity index (χ3v) is 5.66. The quantitative estimate of drug-likeness (QED) is 0.740. The van der Waals surface area contributed by atoms with Crippen LogP contribution >= 0.6 is 34.0 Å². The fraction of sp³-hybridized carbons (Fsp3) is 0.0714. The van der Waals surface area contributed by atoms with Crippen molar-refractivity contribution in [3.05, 3.63) is 67.2 Å². The summed E-state index contributed by atoms with van der Waals surface area (Å²) in [5.41, 5.74) is -1.56. The van der Waals surface area contributed by atoms with Crippen LogP contribution in [-0.2, 0) is 5.60 Å². The molecule has 0 aromatic carbocycles. The minimum Gasteiger partial charge on any atom is -0.372 e. The number of carbonyl (C=O) groups excluding carboxylic acids is 1. The van der Waals surface area contributed by atoms with Crippen LogP contribution in [-0.4, -0.2) is 10.9 Å². The molecule has 0 saturated carbocycles. The van der Waals surface area contributed by atoms with E-state index in [-0.39, 0.29) is 5.78 Å². The van der Waals surface area contributed by atoms with Crippen LogP contribution in [0.5, 0.6) is 0 Å². The number of hydrogen-bond donors (Lipinski definition) is 1. The van der Waals surface area contributed by atoms with Gasteiger partial charge in [0.25, 0.3) is 0 Å². The van der Waals surface area contributed by atoms with Gasteiger partial charge in [0, 0.05) is 9.75 Å². The second kappa shape index (κ2) is 5.02. The first-order valence-corrected chi connectivity index (χ1v) is 8.25. The summed E-state index contributed by atoms with van der Waals surface area (Å²) < 4.78 is 0. The summed E-state index contributed by atoms with van der Waals surface area (Å²) in [7, 11) is 0. The molecule has 0 fully saturated rings. The van der Waals surface area contributed by atoms with E-state index in [4.69, 9.17) is 0 Å². The van der Waals surface area contributed by atoms with E-state index >= 15 is 0 Å². The third kappa shape index (κ3) is 2.08. The molecule has 0 aliphatic rings. The lowest BCUT2D eigenvalue weighted by Gasteiger charge is -2.23. The average molecular weight is 306 g/mol. The maximum atomic E-state index is 12.7. The van der Waals surface area contributed by atoms with Crippen LogP contribution < -0.4 is 0 Å². The highest BCUT2D eigenvalue weighted by atomic mass is 32.1. The lowest BCUT2D eigenvalue weighted by Crippen LogP contribution is -2.35. The van der Waals surface area contributed by atoms with Gasteiger partial charge in [-0.1, -0.05) is 18.2 Å². The van der Waals surface area contributed by atoms with Gasteiger partial charge in [-0.2, -0.15) is 0 Å². The average Bonchev–Trinajstić information content (AvgIpc) is 3.19. The van der Waals surface area contributed by atoms with E-state index in [1.165, 1.54) is 34.0 Å². The predicted octanol–water partition coefficient (Wildman–Crippen LogP) is 3.99. The molecule has 96 valence electrons. The molecule has 3 aromatic rings. The lowest BCUT2D eigenvalue weighted by atomic mass is 9.93. The van der Waals surface area contributed by atoms with Crippen LogP contribution in [0.3, 0.4) is 0 Å². The van der Waals surface area contributed by atoms with Crippen molar-refractivity contribution in [1.82, 2.24) is 0 Å². The number of rotatable bonds is 4. The number of carbonyl (C=O) groups is 1. The second-order valence-electron chi connectivity index (χ2n) is 3.97. The summed E-state index contributed by atoms with van der Waals surface area (Å²) in [6.45, 7) is 0. The van der Waals surface area contributed by atoms with E-state index in [1.54, 1.807) is 18.2 Å². The topological polar surface area (TPSA) is 37.3 Å². The van der Waals surface area contributed by atoms with E-state index < -0.39 is 5.60 Å². The van der Waals surface area contributed by atoms with Crippen molar-refractivity contribution in [2.24, 2.45) is 0 Å². The molecule has 2 nitrogen and oxygen atoms in total. The Morgan fingerprint density at radius 3 is 1.84 bits per heavy atom. The van der Waals surface area contributed by atoms with Gasteiger partial charge in [0.2, 0.25) is 5.78 Å². The predicted molar refractivity (Wildman–Crippen MR) is 80.3 cm³/mol. The van der Waals surface area contributed by atoms with Crippen molar-refractivity contribution in [3.63, 3.8) is 0 Å². The first-order chi connectivity index (χ1) is 9.23. The first kappa shape index (κ1) is 12.7. The molecule has 0 aliphatic heterocycles. The Balaban J connectivity index is 2.15. The van der Waals surface area contributed by atoms with Gasteiger partial charge in [0.1, 0.15) is 0 Å². The molecule has 0 radical (unpaired) electrons. The molecule has 5 heteroatoms. The summed E-state index contributed by atoms with van der Waals surface area (Å²) in [6.07, 6.45) is 0. The molecular formula is C14H10O2S3. The molecule has 0 spiro atoms. The van der Waals surface area contributed by atoms with Crippen molar-refractivity contribution >= 4 is 39.8 Å². The standard InChI is InChI=1S/C14H10O2S3/c15-13(10-4-1-7-17-10)14(16,11-5-2-8-18-11)12-6-3-9-19-12/h1-9,16H. The maximum absolute atomic E-state index is 12.7. The third-order valence-electron chi connectivity index (χ3n) is 2.83. The Morgan fingerprint density at radius 1 is 0.895 bits per heavy atom. The van der Waals surface area contributed by atoms with Crippen LogP contribution in [0, 0.1) is 0 Å². The maximum Gasteiger partial charge on any atom is 0.215 e. The zero-order valence-corrected chi connectivity index (χ0v) is 12.2. The van der Waals surface area contributed by atoms with E-state index in [2.05, 4.69) is 0 Å². The van der Waals surface area contributed by atoms with Gasteiger partial charge in [0.05, 0.1) is 4.88 Å². The van der Waals surface area contributed by atoms with Crippen molar-refractivity contribution < 1.29 is 9.90 Å². The molecule has 0 bridgehead atoms. The highest BCUT2D eigenvalue weighted by molar-refractivity contribution is 7.13. The summed E-state index contributed by atoms with van der Waals surface area (Å²) >= 11 is 4.14. The van der Waals surface area contributed by atoms with E-state index in [0.717, 1.165) is 0 Å². The minimum absolute atomic E-state index is 0.257. The van der Waals surface area contributed by atoms with Crippen LogP contribution in [0.4, 0.5) is 0 Å². The molecule has 1 N–H and O–H groups in total. The normalized spacial score (nSPS) is 11.6. The number of Topliss-reactive ketones (excluding diaryl/α,β-unsaturated/α-hetero) is 1. The number of thiophene rings is 3. The van der Waals surface area contributed by atoms with Gasteiger partial charge in [-0.05, 0) is 34.3 Å². The lowest BCUT2D eigenvalue weighted by molar-refractivity contribution is 0.0519. The Bertz CT molecular complexity index is 617. The largest absolute Gasteiger partial charge is 0.372 e. The van der Waals surface area contributed by atoms with E-state index in [9.17, 15) is 9.90 Å². The molecule has 19 heavy (non-hydrogen) atoms. The summed E-state index contributed by atoms with van der Waals surface area (Å²) in [6, 6.07) is 10.9. The highest BCUT2D eigenvalue weighted by Gasteiger charge is 2.42. The molecule has 0 saturated heterocycles. The van der Waals surface area contributed by atoms with E-state index in [0.29, 0.717) is 14.6 Å². The van der Waals surface area contributed by atoms with E-state index in [1.807, 2.05) is 34.3 Å². The van der Waals surface area contributed by atoms with Crippen molar-refractivity contribution in [2.45, 2.75) is 5.60 Å². The van der Waals surface area contributed by atoms with Crippen molar-refractivity contribution in [1.29, 1.82) is 0 Å². The molecule has 0 aliphatic carbocycles. The highest BCUT2D eigenvalue weighted by Crippen LogP contribution is 2.38. The van der Waals surface area contributed by atoms with Crippen LogP contribution in [0.2, 0.25) is 0 Å².